The smallest absolute Gasteiger partial charge is 0.260 e. The fourth-order valence-electron chi connectivity index (χ4n) is 3.95. The predicted octanol–water partition coefficient (Wildman–Crippen LogP) is 5.00. The molecule has 7 heteroatoms. The van der Waals surface area contributed by atoms with E-state index in [1.54, 1.807) is 23.1 Å². The second-order valence-corrected chi connectivity index (χ2v) is 9.81. The highest BCUT2D eigenvalue weighted by Crippen LogP contribution is 2.33. The van der Waals surface area contributed by atoms with Crippen LogP contribution in [0.5, 0.6) is 0 Å². The Morgan fingerprint density at radius 1 is 1.23 bits per heavy atom. The quantitative estimate of drug-likeness (QED) is 0.469. The maximum Gasteiger partial charge on any atom is 0.260 e. The molecule has 1 amide bonds. The third kappa shape index (κ3) is 5.29. The molecule has 2 aromatic carbocycles. The Kier molecular flexibility index (Phi) is 7.27. The topological polar surface area (TPSA) is 45.7 Å². The summed E-state index contributed by atoms with van der Waals surface area (Å²) in [5, 5.41) is 0.783. The van der Waals surface area contributed by atoms with Gasteiger partial charge in [0.25, 0.3) is 5.91 Å². The molecule has 1 aliphatic rings. The number of anilines is 1. The highest BCUT2D eigenvalue weighted by molar-refractivity contribution is 7.98. The minimum atomic E-state index is 0.0197. The van der Waals surface area contributed by atoms with Gasteiger partial charge < -0.3 is 4.74 Å². The van der Waals surface area contributed by atoms with Crippen molar-refractivity contribution < 1.29 is 9.53 Å². The molecule has 0 unspecified atom stereocenters. The molecule has 1 aromatic heterocycles. The van der Waals surface area contributed by atoms with Gasteiger partial charge in [-0.3, -0.25) is 14.6 Å². The van der Waals surface area contributed by atoms with Gasteiger partial charge in [0.15, 0.2) is 5.13 Å². The molecule has 31 heavy (non-hydrogen) atoms. The molecule has 3 aromatic rings. The summed E-state index contributed by atoms with van der Waals surface area (Å²) in [5.74, 6) is 0.0197. The molecule has 0 radical (unpaired) electrons. The Hall–Kier alpha value is -1.93. The Balaban J connectivity index is 1.61. The summed E-state index contributed by atoms with van der Waals surface area (Å²) in [6, 6.07) is 12.2. The fourth-order valence-corrected chi connectivity index (χ4v) is 5.57. The van der Waals surface area contributed by atoms with Gasteiger partial charge in [-0.1, -0.05) is 23.5 Å². The number of hydrogen-bond acceptors (Lipinski definition) is 6. The van der Waals surface area contributed by atoms with Crippen molar-refractivity contribution in [2.24, 2.45) is 0 Å². The van der Waals surface area contributed by atoms with Crippen molar-refractivity contribution in [2.75, 3.05) is 50.5 Å². The molecule has 5 nitrogen and oxygen atoms in total. The van der Waals surface area contributed by atoms with Crippen LogP contribution in [-0.2, 0) is 4.74 Å². The van der Waals surface area contributed by atoms with Crippen molar-refractivity contribution in [3.63, 3.8) is 0 Å². The lowest BCUT2D eigenvalue weighted by Gasteiger charge is -2.27. The van der Waals surface area contributed by atoms with Crippen LogP contribution in [0.25, 0.3) is 10.2 Å². The average molecular weight is 456 g/mol. The molecule has 1 fully saturated rings. The lowest BCUT2D eigenvalue weighted by molar-refractivity contribution is 0.0376. The summed E-state index contributed by atoms with van der Waals surface area (Å²) in [5.41, 5.74) is 4.08. The Morgan fingerprint density at radius 2 is 2.03 bits per heavy atom. The summed E-state index contributed by atoms with van der Waals surface area (Å²) < 4.78 is 6.59. The normalized spacial score (nSPS) is 14.8. The molecule has 2 heterocycles. The van der Waals surface area contributed by atoms with Gasteiger partial charge in [-0.15, -0.1) is 11.8 Å². The lowest BCUT2D eigenvalue weighted by Crippen LogP contribution is -2.39. The van der Waals surface area contributed by atoms with E-state index in [9.17, 15) is 4.79 Å². The molecule has 1 saturated heterocycles. The number of aryl methyl sites for hydroxylation is 2. The van der Waals surface area contributed by atoms with E-state index >= 15 is 0 Å². The zero-order chi connectivity index (χ0) is 21.8. The third-order valence-corrected chi connectivity index (χ3v) is 7.32. The highest BCUT2D eigenvalue weighted by atomic mass is 32.2. The van der Waals surface area contributed by atoms with Gasteiger partial charge in [-0.25, -0.2) is 4.98 Å². The van der Waals surface area contributed by atoms with E-state index in [2.05, 4.69) is 30.9 Å². The van der Waals surface area contributed by atoms with Gasteiger partial charge in [-0.2, -0.15) is 0 Å². The van der Waals surface area contributed by atoms with Gasteiger partial charge in [0.1, 0.15) is 0 Å². The standard InChI is InChI=1S/C24H29N3O2S2/c1-17-14-18(2)22-21(15-17)31-24(25-22)27(9-5-8-26-10-12-29-13-11-26)23(28)19-6-4-7-20(16-19)30-3/h4,6-7,14-16H,5,8-13H2,1-3H3. The van der Waals surface area contributed by atoms with Crippen molar-refractivity contribution in [1.29, 1.82) is 0 Å². The molecular formula is C24H29N3O2S2. The number of benzene rings is 2. The Morgan fingerprint density at radius 3 is 2.81 bits per heavy atom. The number of thiazole rings is 1. The van der Waals surface area contributed by atoms with E-state index in [0.717, 1.165) is 65.1 Å². The van der Waals surface area contributed by atoms with E-state index in [-0.39, 0.29) is 5.91 Å². The SMILES string of the molecule is CSc1cccc(C(=O)N(CCCN2CCOCC2)c2nc3c(C)cc(C)cc3s2)c1. The highest BCUT2D eigenvalue weighted by Gasteiger charge is 2.22. The molecular weight excluding hydrogens is 426 g/mol. The third-order valence-electron chi connectivity index (χ3n) is 5.57. The number of rotatable bonds is 7. The molecule has 0 N–H and O–H groups in total. The van der Waals surface area contributed by atoms with Crippen LogP contribution in [0.1, 0.15) is 27.9 Å². The van der Waals surface area contributed by atoms with E-state index in [4.69, 9.17) is 9.72 Å². The molecule has 164 valence electrons. The van der Waals surface area contributed by atoms with Crippen molar-refractivity contribution in [1.82, 2.24) is 9.88 Å². The minimum Gasteiger partial charge on any atom is -0.379 e. The van der Waals surface area contributed by atoms with Crippen LogP contribution in [0.2, 0.25) is 0 Å². The van der Waals surface area contributed by atoms with Crippen LogP contribution >= 0.6 is 23.1 Å². The van der Waals surface area contributed by atoms with Crippen molar-refractivity contribution in [3.8, 4) is 0 Å². The zero-order valence-corrected chi connectivity index (χ0v) is 20.0. The first-order chi connectivity index (χ1) is 15.0. The second kappa shape index (κ2) is 10.1. The van der Waals surface area contributed by atoms with Crippen molar-refractivity contribution in [3.05, 3.63) is 53.1 Å². The Bertz CT molecular complexity index is 1060. The fraction of sp³-hybridized carbons (Fsp3) is 0.417. The Labute approximate surface area is 192 Å². The summed E-state index contributed by atoms with van der Waals surface area (Å²) in [7, 11) is 0. The van der Waals surface area contributed by atoms with Gasteiger partial charge in [0.05, 0.1) is 23.4 Å². The number of morpholine rings is 1. The molecule has 0 bridgehead atoms. The summed E-state index contributed by atoms with van der Waals surface area (Å²) in [4.78, 5) is 23.8. The lowest BCUT2D eigenvalue weighted by atomic mass is 10.1. The van der Waals surface area contributed by atoms with E-state index < -0.39 is 0 Å². The van der Waals surface area contributed by atoms with E-state index in [0.29, 0.717) is 12.1 Å². The van der Waals surface area contributed by atoms with Gasteiger partial charge in [-0.05, 0) is 61.9 Å². The maximum absolute atomic E-state index is 13.6. The molecule has 0 spiro atoms. The van der Waals surface area contributed by atoms with E-state index in [1.807, 2.05) is 35.4 Å². The predicted molar refractivity (Wildman–Crippen MR) is 131 cm³/mol. The second-order valence-electron chi connectivity index (χ2n) is 7.92. The van der Waals surface area contributed by atoms with Crippen LogP contribution in [0.4, 0.5) is 5.13 Å². The van der Waals surface area contributed by atoms with Crippen LogP contribution in [0, 0.1) is 13.8 Å². The molecule has 0 saturated carbocycles. The van der Waals surface area contributed by atoms with Gasteiger partial charge in [0, 0.05) is 36.6 Å². The van der Waals surface area contributed by atoms with Gasteiger partial charge in [0.2, 0.25) is 0 Å². The molecule has 1 aliphatic heterocycles. The summed E-state index contributed by atoms with van der Waals surface area (Å²) in [6.07, 6.45) is 2.93. The van der Waals surface area contributed by atoms with Crippen molar-refractivity contribution >= 4 is 44.4 Å². The summed E-state index contributed by atoms with van der Waals surface area (Å²) >= 11 is 3.26. The number of amides is 1. The number of carbonyl (C=O) groups excluding carboxylic acids is 1. The van der Waals surface area contributed by atoms with Gasteiger partial charge >= 0.3 is 0 Å². The molecule has 4 rings (SSSR count). The first kappa shape index (κ1) is 22.3. The number of thioether (sulfide) groups is 1. The van der Waals surface area contributed by atoms with Crippen LogP contribution < -0.4 is 4.90 Å². The molecule has 0 aliphatic carbocycles. The minimum absolute atomic E-state index is 0.0197. The first-order valence-corrected chi connectivity index (χ1v) is 12.7. The monoisotopic (exact) mass is 455 g/mol. The number of carbonyl (C=O) groups is 1. The zero-order valence-electron chi connectivity index (χ0n) is 18.4. The van der Waals surface area contributed by atoms with E-state index in [1.165, 1.54) is 5.56 Å². The maximum atomic E-state index is 13.6. The number of ether oxygens (including phenoxy) is 1. The number of hydrogen-bond donors (Lipinski definition) is 0. The number of nitrogens with zero attached hydrogens (tertiary/aromatic N) is 3. The number of fused-ring (bicyclic) bond motifs is 1. The van der Waals surface area contributed by atoms with Crippen molar-refractivity contribution in [2.45, 2.75) is 25.2 Å². The summed E-state index contributed by atoms with van der Waals surface area (Å²) in [6.45, 7) is 9.31. The molecule has 0 atom stereocenters. The first-order valence-electron chi connectivity index (χ1n) is 10.7. The van der Waals surface area contributed by atoms with Crippen LogP contribution in [-0.4, -0.2) is 61.4 Å². The van der Waals surface area contributed by atoms with Crippen LogP contribution in [0.3, 0.4) is 0 Å². The van der Waals surface area contributed by atoms with Crippen LogP contribution in [0.15, 0.2) is 41.3 Å². The number of aromatic nitrogens is 1. The average Bonchev–Trinajstić information content (AvgIpc) is 3.21. The largest absolute Gasteiger partial charge is 0.379 e.